The van der Waals surface area contributed by atoms with Gasteiger partial charge in [0, 0.05) is 78.3 Å². The van der Waals surface area contributed by atoms with Crippen LogP contribution in [-0.2, 0) is 34.0 Å². The minimum atomic E-state index is -5.09. The molecule has 3 aromatic rings. The van der Waals surface area contributed by atoms with Crippen molar-refractivity contribution in [1.29, 1.82) is 0 Å². The molecule has 0 aliphatic carbocycles. The van der Waals surface area contributed by atoms with Crippen molar-refractivity contribution in [1.82, 2.24) is 20.1 Å². The van der Waals surface area contributed by atoms with Gasteiger partial charge in [0.1, 0.15) is 11.6 Å². The van der Waals surface area contributed by atoms with Crippen molar-refractivity contribution in [3.63, 3.8) is 0 Å². The third-order valence-electron chi connectivity index (χ3n) is 9.95. The second-order valence-corrected chi connectivity index (χ2v) is 14.3. The van der Waals surface area contributed by atoms with Gasteiger partial charge in [0.2, 0.25) is 0 Å². The average molecular weight is 778 g/mol. The fraction of sp³-hybridized carbons (Fsp3) is 0.576. The van der Waals surface area contributed by atoms with Crippen LogP contribution in [0.1, 0.15) is 173 Å². The van der Waals surface area contributed by atoms with E-state index in [-0.39, 0.29) is 96.8 Å². The molecule has 0 unspecified atom stereocenters. The SMILES string of the molecule is Cc1cc(F)ccc1[C@H]1[C@@H](O[C@@](C)(c2cc(C(F)(F)F)cc(C(F)(F)F)c2C)C(C)(C)C)OC(C)(C)C(C)(C)N1Cc1n[nH]c(=O)[nH]1.[HH].[HH].[HH].[HH].[HH].[HH].[HH].[HH].[HH].[HH].[HH].[HH].[HH].[HH].[HH].[HH].[HH].[HH].[HH].[HH].[HH].[HH].[HH].[HH].[HH].[HH].[HH].[HH].[HH].[HH].[HH].[HH].[HH].[HH].[HH].[HH].[HH].[HH].[HH].[HH].[HH].[HH].[HH].[HH].[HH].[HH].[HH].[HH].[HH].[HH].[HH]. The monoisotopic (exact) mass is 777 g/mol. The summed E-state index contributed by atoms with van der Waals surface area (Å²) in [6.45, 7) is 16.6. The van der Waals surface area contributed by atoms with E-state index < -0.39 is 75.0 Å². The lowest BCUT2D eigenvalue weighted by Crippen LogP contribution is -2.68. The highest BCUT2D eigenvalue weighted by atomic mass is 19.4. The first-order valence-corrected chi connectivity index (χ1v) is 15.0. The smallest absolute Gasteiger partial charge is 0.343 e. The van der Waals surface area contributed by atoms with Crippen molar-refractivity contribution in [2.75, 3.05) is 0 Å². The molecule has 2 heterocycles. The van der Waals surface area contributed by atoms with Gasteiger partial charge < -0.3 is 9.47 Å². The van der Waals surface area contributed by atoms with Crippen LogP contribution in [0.4, 0.5) is 30.7 Å². The van der Waals surface area contributed by atoms with Gasteiger partial charge in [-0.15, -0.1) is 0 Å². The topological polar surface area (TPSA) is 83.2 Å². The van der Waals surface area contributed by atoms with E-state index in [0.29, 0.717) is 17.2 Å². The summed E-state index contributed by atoms with van der Waals surface area (Å²) in [5.74, 6) is -0.256. The van der Waals surface area contributed by atoms with Crippen LogP contribution in [0.15, 0.2) is 35.1 Å². The van der Waals surface area contributed by atoms with Crippen molar-refractivity contribution in [2.24, 2.45) is 5.41 Å². The molecule has 14 heteroatoms. The standard InChI is InChI=1S/C33H41F7N4O3.51H2/c1-17-13-20(34)11-12-21(17)25-26(46-30(8,9)29(6,7)44(25)16-24-41-27(45)43-42-24)47-31(10,28(3,4)5)22-14-19(32(35,36)37)15-23(18(22)2)33(38,39)40;;;;;;;;;;;;;;;;;;;;;;;;;;;;;;;;;;;;;;;;;;;;;;;;;;;/h11-15,25-26H,16H2,1-10H3,(H2,41,42,43,45);51*1H/t25-,26+,31-;;;;;;;;;;;;;;;;;;;;;;;;;;;;;;;;;;;;;;;;;;;;;;;;;;;/m0.................................................../s1. The summed E-state index contributed by atoms with van der Waals surface area (Å²) in [4.78, 5) is 16.5. The lowest BCUT2D eigenvalue weighted by Gasteiger charge is -2.60. The van der Waals surface area contributed by atoms with Crippen molar-refractivity contribution in [2.45, 2.75) is 117 Å². The Morgan fingerprint density at radius 1 is 0.957 bits per heavy atom. The zero-order valence-corrected chi connectivity index (χ0v) is 28.0. The molecule has 0 spiro atoms. The maximum absolute atomic E-state index is 14.4. The Balaban J connectivity index is -0.0000000107. The number of aromatic nitrogens is 3. The zero-order valence-electron chi connectivity index (χ0n) is 28.0. The molecule has 0 saturated carbocycles. The van der Waals surface area contributed by atoms with Gasteiger partial charge in [-0.2, -0.15) is 31.4 Å². The number of halogens is 7. The quantitative estimate of drug-likeness (QED) is 0.244. The van der Waals surface area contributed by atoms with Gasteiger partial charge in [-0.25, -0.2) is 14.3 Å². The molecule has 7 nitrogen and oxygen atoms in total. The number of nitrogens with zero attached hydrogens (tertiary/aromatic N) is 2. The second kappa shape index (κ2) is 11.7. The summed E-state index contributed by atoms with van der Waals surface area (Å²) in [7, 11) is 0. The van der Waals surface area contributed by atoms with Crippen molar-refractivity contribution >= 4 is 0 Å². The first-order valence-electron chi connectivity index (χ1n) is 15.0. The fourth-order valence-electron chi connectivity index (χ4n) is 6.10. The van der Waals surface area contributed by atoms with E-state index in [1.807, 2.05) is 18.7 Å². The highest BCUT2D eigenvalue weighted by Gasteiger charge is 2.57. The zero-order chi connectivity index (χ0) is 35.7. The number of H-pyrrole nitrogens is 2. The lowest BCUT2D eigenvalue weighted by molar-refractivity contribution is -0.347. The maximum Gasteiger partial charge on any atom is 0.416 e. The molecule has 1 saturated heterocycles. The maximum atomic E-state index is 14.4. The number of morpholine rings is 1. The van der Waals surface area contributed by atoms with E-state index in [2.05, 4.69) is 15.2 Å². The van der Waals surface area contributed by atoms with Gasteiger partial charge in [0.15, 0.2) is 6.29 Å². The number of hydrogen-bond donors (Lipinski definition) is 2. The van der Waals surface area contributed by atoms with Gasteiger partial charge >= 0.3 is 18.0 Å². The summed E-state index contributed by atoms with van der Waals surface area (Å²) in [5, 5.41) is 6.39. The average Bonchev–Trinajstić information content (AvgIpc) is 3.30. The van der Waals surface area contributed by atoms with Crippen LogP contribution in [0.5, 0.6) is 0 Å². The van der Waals surface area contributed by atoms with Gasteiger partial charge in [-0.05, 0) is 100 Å². The van der Waals surface area contributed by atoms with Crippen LogP contribution < -0.4 is 5.69 Å². The van der Waals surface area contributed by atoms with Crippen LogP contribution >= 0.6 is 0 Å². The molecule has 47 heavy (non-hydrogen) atoms. The molecule has 2 aromatic carbocycles. The van der Waals surface area contributed by atoms with Gasteiger partial charge in [0.25, 0.3) is 0 Å². The molecule has 0 radical (unpaired) electrons. The Hall–Kier alpha value is -3.23. The molecule has 1 aliphatic rings. The number of nitrogens with one attached hydrogen (secondary N) is 2. The molecule has 1 aliphatic heterocycles. The molecule has 1 aromatic heterocycles. The first-order chi connectivity index (χ1) is 21.2. The number of benzene rings is 2. The largest absolute Gasteiger partial charge is 0.416 e. The van der Waals surface area contributed by atoms with Gasteiger partial charge in [-0.3, -0.25) is 9.88 Å². The Labute approximate surface area is 344 Å². The summed E-state index contributed by atoms with van der Waals surface area (Å²) in [5.41, 5.74) is -7.98. The molecule has 362 valence electrons. The van der Waals surface area contributed by atoms with E-state index in [0.717, 1.165) is 6.92 Å². The number of aromatic amines is 2. The van der Waals surface area contributed by atoms with E-state index in [9.17, 15) is 35.5 Å². The summed E-state index contributed by atoms with van der Waals surface area (Å²) < 4.78 is 113. The van der Waals surface area contributed by atoms with Crippen LogP contribution in [0, 0.1) is 25.1 Å². The molecular weight excluding hydrogens is 633 g/mol. The number of alkyl halides is 6. The molecule has 3 atom stereocenters. The number of ether oxygens (including phenoxy) is 2. The second-order valence-electron chi connectivity index (χ2n) is 14.3. The first kappa shape index (κ1) is 36.6. The molecule has 2 N–H and O–H groups in total. The fourth-order valence-corrected chi connectivity index (χ4v) is 6.10. The summed E-state index contributed by atoms with van der Waals surface area (Å²) >= 11 is 0. The van der Waals surface area contributed by atoms with Crippen molar-refractivity contribution in [3.8, 4) is 0 Å². The predicted molar refractivity (Wildman–Crippen MR) is 269 cm³/mol. The van der Waals surface area contributed by atoms with E-state index in [4.69, 9.17) is 9.47 Å². The third kappa shape index (κ3) is 6.73. The van der Waals surface area contributed by atoms with E-state index >= 15 is 0 Å². The molecular formula is C33H143F7N4O3. The van der Waals surface area contributed by atoms with Crippen LogP contribution in [0.2, 0.25) is 0 Å². The summed E-state index contributed by atoms with van der Waals surface area (Å²) in [6, 6.07) is 4.00. The Morgan fingerprint density at radius 2 is 1.55 bits per heavy atom. The highest BCUT2D eigenvalue weighted by molar-refractivity contribution is 5.45. The minimum Gasteiger partial charge on any atom is -0.343 e. The van der Waals surface area contributed by atoms with Crippen molar-refractivity contribution in [3.05, 3.63) is 85.8 Å². The third-order valence-corrected chi connectivity index (χ3v) is 9.95. The van der Waals surface area contributed by atoms with E-state index in [1.54, 1.807) is 41.5 Å². The Morgan fingerprint density at radius 3 is 2.04 bits per heavy atom. The normalized spacial score (nSPS) is 21.9. The van der Waals surface area contributed by atoms with Crippen molar-refractivity contribution < 1.29 is 113 Å². The lowest BCUT2D eigenvalue weighted by atomic mass is 9.70. The Kier molecular flexibility index (Phi) is 9.13. The van der Waals surface area contributed by atoms with Gasteiger partial charge in [-0.1, -0.05) is 26.8 Å². The molecule has 1 fully saturated rings. The summed E-state index contributed by atoms with van der Waals surface area (Å²) in [6.07, 6.45) is -11.5. The number of hydrogen-bond acceptors (Lipinski definition) is 5. The predicted octanol–water partition coefficient (Wildman–Crippen LogP) is 20.9. The van der Waals surface area contributed by atoms with E-state index in [1.165, 1.54) is 25.1 Å². The highest BCUT2D eigenvalue weighted by Crippen LogP contribution is 2.53. The van der Waals surface area contributed by atoms with Crippen LogP contribution in [0.3, 0.4) is 0 Å². The van der Waals surface area contributed by atoms with Crippen LogP contribution in [0.25, 0.3) is 0 Å². The minimum absolute atomic E-state index is 0. The van der Waals surface area contributed by atoms with Gasteiger partial charge in [0.05, 0.1) is 34.9 Å². The Bertz CT molecular complexity index is 1780. The molecule has 0 bridgehead atoms. The number of aryl methyl sites for hydroxylation is 1. The molecule has 4 rings (SSSR count). The number of rotatable bonds is 6. The molecule has 0 amide bonds. The van der Waals surface area contributed by atoms with Crippen LogP contribution in [-0.4, -0.2) is 37.5 Å².